The molecule has 0 saturated carbocycles. The molecular formula is C12H17NO3S. The third-order valence-electron chi connectivity index (χ3n) is 2.98. The summed E-state index contributed by atoms with van der Waals surface area (Å²) in [5.41, 5.74) is 1.32. The number of esters is 1. The van der Waals surface area contributed by atoms with Crippen LogP contribution in [0.25, 0.3) is 0 Å². The highest BCUT2D eigenvalue weighted by Crippen LogP contribution is 2.12. The van der Waals surface area contributed by atoms with E-state index in [1.807, 2.05) is 0 Å². The minimum atomic E-state index is -0.243. The molecule has 4 nitrogen and oxygen atoms in total. The second-order valence-electron chi connectivity index (χ2n) is 4.03. The molecule has 17 heavy (non-hydrogen) atoms. The molecule has 1 aromatic heterocycles. The molecule has 1 fully saturated rings. The van der Waals surface area contributed by atoms with Crippen molar-refractivity contribution >= 4 is 17.3 Å². The lowest BCUT2D eigenvalue weighted by Gasteiger charge is -2.33. The number of methoxy groups -OCH3 is 1. The Morgan fingerprint density at radius 2 is 2.59 bits per heavy atom. The second kappa shape index (κ2) is 6.14. The summed E-state index contributed by atoms with van der Waals surface area (Å²) in [6.45, 7) is 2.80. The predicted molar refractivity (Wildman–Crippen MR) is 66.2 cm³/mol. The Morgan fingerprint density at radius 1 is 1.71 bits per heavy atom. The lowest BCUT2D eigenvalue weighted by Crippen LogP contribution is -2.50. The van der Waals surface area contributed by atoms with Crippen molar-refractivity contribution in [2.75, 3.05) is 33.4 Å². The van der Waals surface area contributed by atoms with Gasteiger partial charge in [-0.1, -0.05) is 0 Å². The fourth-order valence-corrected chi connectivity index (χ4v) is 2.67. The number of ether oxygens (including phenoxy) is 2. The Kier molecular flexibility index (Phi) is 4.53. The molecule has 0 aliphatic carbocycles. The third-order valence-corrected chi connectivity index (χ3v) is 3.71. The van der Waals surface area contributed by atoms with Crippen molar-refractivity contribution in [1.29, 1.82) is 0 Å². The van der Waals surface area contributed by atoms with Gasteiger partial charge < -0.3 is 9.47 Å². The van der Waals surface area contributed by atoms with Crippen LogP contribution in [-0.2, 0) is 20.7 Å². The Balaban J connectivity index is 1.90. The van der Waals surface area contributed by atoms with Crippen molar-refractivity contribution in [2.24, 2.45) is 0 Å². The lowest BCUT2D eigenvalue weighted by molar-refractivity contribution is -0.153. The van der Waals surface area contributed by atoms with Crippen LogP contribution in [0.4, 0.5) is 0 Å². The molecule has 1 aliphatic heterocycles. The van der Waals surface area contributed by atoms with E-state index < -0.39 is 0 Å². The van der Waals surface area contributed by atoms with Crippen molar-refractivity contribution in [3.05, 3.63) is 22.4 Å². The average molecular weight is 255 g/mol. The first kappa shape index (κ1) is 12.5. The highest BCUT2D eigenvalue weighted by molar-refractivity contribution is 7.07. The number of rotatable bonds is 4. The smallest absolute Gasteiger partial charge is 0.325 e. The van der Waals surface area contributed by atoms with Gasteiger partial charge in [0, 0.05) is 13.1 Å². The van der Waals surface area contributed by atoms with E-state index in [1.54, 1.807) is 11.3 Å². The summed E-state index contributed by atoms with van der Waals surface area (Å²) in [6.07, 6.45) is 0.969. The molecule has 2 rings (SSSR count). The zero-order valence-electron chi connectivity index (χ0n) is 9.93. The summed E-state index contributed by atoms with van der Waals surface area (Å²) in [5.74, 6) is -0.199. The van der Waals surface area contributed by atoms with E-state index in [0.29, 0.717) is 13.2 Å². The Morgan fingerprint density at radius 3 is 3.29 bits per heavy atom. The van der Waals surface area contributed by atoms with E-state index in [1.165, 1.54) is 12.7 Å². The van der Waals surface area contributed by atoms with Gasteiger partial charge in [0.25, 0.3) is 0 Å². The van der Waals surface area contributed by atoms with Gasteiger partial charge in [0.15, 0.2) is 0 Å². The minimum absolute atomic E-state index is 0.199. The van der Waals surface area contributed by atoms with Gasteiger partial charge in [0.05, 0.1) is 20.3 Å². The van der Waals surface area contributed by atoms with Gasteiger partial charge in [0.2, 0.25) is 0 Å². The summed E-state index contributed by atoms with van der Waals surface area (Å²) in [7, 11) is 1.42. The molecule has 1 atom stereocenters. The Hall–Kier alpha value is -0.910. The molecular weight excluding hydrogens is 238 g/mol. The molecule has 0 radical (unpaired) electrons. The fraction of sp³-hybridized carbons (Fsp3) is 0.583. The van der Waals surface area contributed by atoms with Crippen LogP contribution < -0.4 is 0 Å². The van der Waals surface area contributed by atoms with Crippen molar-refractivity contribution < 1.29 is 14.3 Å². The van der Waals surface area contributed by atoms with Crippen LogP contribution in [0.1, 0.15) is 5.56 Å². The first-order valence-corrected chi connectivity index (χ1v) is 6.66. The van der Waals surface area contributed by atoms with E-state index in [-0.39, 0.29) is 12.0 Å². The van der Waals surface area contributed by atoms with E-state index in [2.05, 4.69) is 21.7 Å². The number of nitrogens with zero attached hydrogens (tertiary/aromatic N) is 1. The van der Waals surface area contributed by atoms with E-state index in [4.69, 9.17) is 9.47 Å². The summed E-state index contributed by atoms with van der Waals surface area (Å²) >= 11 is 1.70. The molecule has 94 valence electrons. The van der Waals surface area contributed by atoms with Crippen molar-refractivity contribution in [3.8, 4) is 0 Å². The van der Waals surface area contributed by atoms with Crippen LogP contribution in [0.3, 0.4) is 0 Å². The van der Waals surface area contributed by atoms with Crippen molar-refractivity contribution in [1.82, 2.24) is 4.90 Å². The van der Waals surface area contributed by atoms with Gasteiger partial charge in [-0.05, 0) is 28.8 Å². The van der Waals surface area contributed by atoms with Crippen LogP contribution >= 0.6 is 11.3 Å². The number of carbonyl (C=O) groups excluding carboxylic acids is 1. The van der Waals surface area contributed by atoms with E-state index in [9.17, 15) is 4.79 Å². The minimum Gasteiger partial charge on any atom is -0.468 e. The number of thiophene rings is 1. The van der Waals surface area contributed by atoms with Crippen LogP contribution in [0, 0.1) is 0 Å². The summed E-state index contributed by atoms with van der Waals surface area (Å²) in [5, 5.41) is 4.22. The lowest BCUT2D eigenvalue weighted by atomic mass is 10.2. The maximum Gasteiger partial charge on any atom is 0.325 e. The Labute approximate surface area is 105 Å². The molecule has 0 bridgehead atoms. The van der Waals surface area contributed by atoms with Gasteiger partial charge in [0.1, 0.15) is 6.04 Å². The maximum atomic E-state index is 11.6. The summed E-state index contributed by atoms with van der Waals surface area (Å²) < 4.78 is 10.1. The molecule has 1 aromatic rings. The van der Waals surface area contributed by atoms with Crippen LogP contribution in [0.2, 0.25) is 0 Å². The largest absolute Gasteiger partial charge is 0.468 e. The molecule has 0 N–H and O–H groups in total. The molecule has 0 spiro atoms. The van der Waals surface area contributed by atoms with Gasteiger partial charge in [-0.25, -0.2) is 0 Å². The normalized spacial score (nSPS) is 21.4. The van der Waals surface area contributed by atoms with Crippen LogP contribution in [0.15, 0.2) is 16.8 Å². The van der Waals surface area contributed by atoms with Crippen LogP contribution in [-0.4, -0.2) is 50.3 Å². The number of morpholine rings is 1. The summed E-state index contributed by atoms with van der Waals surface area (Å²) in [4.78, 5) is 13.7. The van der Waals surface area contributed by atoms with Gasteiger partial charge in [-0.3, -0.25) is 9.69 Å². The topological polar surface area (TPSA) is 38.8 Å². The maximum absolute atomic E-state index is 11.6. The second-order valence-corrected chi connectivity index (χ2v) is 4.81. The standard InChI is InChI=1S/C12H17NO3S/c1-15-12(14)11-8-16-6-5-13(11)4-2-10-3-7-17-9-10/h3,7,9,11H,2,4-6,8H2,1H3. The molecule has 1 aliphatic rings. The van der Waals surface area contributed by atoms with Gasteiger partial charge >= 0.3 is 5.97 Å². The zero-order valence-corrected chi connectivity index (χ0v) is 10.7. The number of carbonyl (C=O) groups is 1. The molecule has 2 heterocycles. The molecule has 1 saturated heterocycles. The van der Waals surface area contributed by atoms with Crippen molar-refractivity contribution in [2.45, 2.75) is 12.5 Å². The first-order chi connectivity index (χ1) is 8.31. The molecule has 1 unspecified atom stereocenters. The van der Waals surface area contributed by atoms with Gasteiger partial charge in [-0.2, -0.15) is 11.3 Å². The van der Waals surface area contributed by atoms with E-state index >= 15 is 0 Å². The van der Waals surface area contributed by atoms with Crippen LogP contribution in [0.5, 0.6) is 0 Å². The SMILES string of the molecule is COC(=O)C1COCCN1CCc1ccsc1. The first-order valence-electron chi connectivity index (χ1n) is 5.72. The molecule has 0 amide bonds. The Bertz CT molecular complexity index is 353. The quantitative estimate of drug-likeness (QED) is 0.757. The highest BCUT2D eigenvalue weighted by Gasteiger charge is 2.29. The van der Waals surface area contributed by atoms with Gasteiger partial charge in [-0.15, -0.1) is 0 Å². The third kappa shape index (κ3) is 3.28. The molecule has 5 heteroatoms. The zero-order chi connectivity index (χ0) is 12.1. The average Bonchev–Trinajstić information content (AvgIpc) is 2.89. The molecule has 0 aromatic carbocycles. The van der Waals surface area contributed by atoms with E-state index in [0.717, 1.165) is 19.5 Å². The number of hydrogen-bond donors (Lipinski definition) is 0. The fourth-order valence-electron chi connectivity index (χ4n) is 1.97. The monoisotopic (exact) mass is 255 g/mol. The van der Waals surface area contributed by atoms with Crippen molar-refractivity contribution in [3.63, 3.8) is 0 Å². The summed E-state index contributed by atoms with van der Waals surface area (Å²) in [6, 6.07) is 1.88. The number of hydrogen-bond acceptors (Lipinski definition) is 5. The highest BCUT2D eigenvalue weighted by atomic mass is 32.1. The predicted octanol–water partition coefficient (Wildman–Crippen LogP) is 1.16.